The van der Waals surface area contributed by atoms with Gasteiger partial charge in [-0.2, -0.15) is 0 Å². The van der Waals surface area contributed by atoms with Crippen LogP contribution in [0.15, 0.2) is 54.7 Å². The average Bonchev–Trinajstić information content (AvgIpc) is 2.95. The first-order valence-electron chi connectivity index (χ1n) is 6.27. The fourth-order valence-corrected chi connectivity index (χ4v) is 2.17. The molecule has 6 nitrogen and oxygen atoms in total. The van der Waals surface area contributed by atoms with E-state index in [0.717, 1.165) is 10.9 Å². The Morgan fingerprint density at radius 1 is 1.14 bits per heavy atom. The molecule has 0 radical (unpaired) electrons. The normalized spacial score (nSPS) is 10.5. The summed E-state index contributed by atoms with van der Waals surface area (Å²) in [4.78, 5) is 25.6. The Bertz CT molecular complexity index is 839. The molecule has 0 saturated heterocycles. The Labute approximate surface area is 119 Å². The highest BCUT2D eigenvalue weighted by atomic mass is 16.6. The van der Waals surface area contributed by atoms with Gasteiger partial charge in [0.2, 0.25) is 0 Å². The SMILES string of the molecule is O=C(Nc1cccc([N+](=O)[O-])c1)c1cccc2cc[nH]c12. The first-order valence-corrected chi connectivity index (χ1v) is 6.27. The summed E-state index contributed by atoms with van der Waals surface area (Å²) in [5, 5.41) is 14.3. The molecule has 6 heteroatoms. The number of rotatable bonds is 3. The Hall–Kier alpha value is -3.15. The van der Waals surface area contributed by atoms with Gasteiger partial charge in [-0.1, -0.05) is 18.2 Å². The van der Waals surface area contributed by atoms with Crippen LogP contribution in [0.2, 0.25) is 0 Å². The number of carbonyl (C=O) groups is 1. The smallest absolute Gasteiger partial charge is 0.271 e. The lowest BCUT2D eigenvalue weighted by Crippen LogP contribution is -2.12. The van der Waals surface area contributed by atoms with E-state index in [-0.39, 0.29) is 11.6 Å². The van der Waals surface area contributed by atoms with E-state index < -0.39 is 4.92 Å². The van der Waals surface area contributed by atoms with Gasteiger partial charge in [0.25, 0.3) is 11.6 Å². The highest BCUT2D eigenvalue weighted by Crippen LogP contribution is 2.20. The molecule has 2 aromatic carbocycles. The third-order valence-corrected chi connectivity index (χ3v) is 3.15. The second kappa shape index (κ2) is 5.09. The van der Waals surface area contributed by atoms with Gasteiger partial charge in [0, 0.05) is 29.4 Å². The monoisotopic (exact) mass is 281 g/mol. The Balaban J connectivity index is 1.91. The summed E-state index contributed by atoms with van der Waals surface area (Å²) < 4.78 is 0. The van der Waals surface area contributed by atoms with Crippen LogP contribution >= 0.6 is 0 Å². The molecule has 0 aliphatic carbocycles. The largest absolute Gasteiger partial charge is 0.361 e. The third-order valence-electron chi connectivity index (χ3n) is 3.15. The van der Waals surface area contributed by atoms with Gasteiger partial charge in [0.05, 0.1) is 16.0 Å². The van der Waals surface area contributed by atoms with E-state index in [4.69, 9.17) is 0 Å². The molecule has 0 aliphatic rings. The molecule has 3 rings (SSSR count). The van der Waals surface area contributed by atoms with Crippen LogP contribution in [0.3, 0.4) is 0 Å². The lowest BCUT2D eigenvalue weighted by Gasteiger charge is -2.06. The summed E-state index contributed by atoms with van der Waals surface area (Å²) in [5.41, 5.74) is 1.55. The Morgan fingerprint density at radius 2 is 1.95 bits per heavy atom. The zero-order valence-corrected chi connectivity index (χ0v) is 10.9. The molecular formula is C15H11N3O3. The van der Waals surface area contributed by atoms with Crippen LogP contribution in [-0.4, -0.2) is 15.8 Å². The van der Waals surface area contributed by atoms with Gasteiger partial charge in [0.1, 0.15) is 0 Å². The Kier molecular flexibility index (Phi) is 3.12. The lowest BCUT2D eigenvalue weighted by atomic mass is 10.1. The number of amides is 1. The average molecular weight is 281 g/mol. The number of carbonyl (C=O) groups excluding carboxylic acids is 1. The number of para-hydroxylation sites is 1. The minimum atomic E-state index is -0.499. The van der Waals surface area contributed by atoms with Crippen molar-refractivity contribution in [2.45, 2.75) is 0 Å². The second-order valence-corrected chi connectivity index (χ2v) is 4.51. The minimum absolute atomic E-state index is 0.0640. The highest BCUT2D eigenvalue weighted by Gasteiger charge is 2.12. The molecule has 1 aromatic heterocycles. The molecule has 0 bridgehead atoms. The van der Waals surface area contributed by atoms with Gasteiger partial charge in [0.15, 0.2) is 0 Å². The number of aromatic amines is 1. The number of hydrogen-bond acceptors (Lipinski definition) is 3. The van der Waals surface area contributed by atoms with E-state index in [0.29, 0.717) is 11.3 Å². The first-order chi connectivity index (χ1) is 10.1. The molecule has 0 unspecified atom stereocenters. The second-order valence-electron chi connectivity index (χ2n) is 4.51. The quantitative estimate of drug-likeness (QED) is 0.570. The van der Waals surface area contributed by atoms with Crippen LogP contribution in [-0.2, 0) is 0 Å². The first kappa shape index (κ1) is 12.9. The summed E-state index contributed by atoms with van der Waals surface area (Å²) in [6.45, 7) is 0. The molecule has 0 spiro atoms. The summed E-state index contributed by atoms with van der Waals surface area (Å²) in [5.74, 6) is -0.316. The predicted molar refractivity (Wildman–Crippen MR) is 79.3 cm³/mol. The number of nitro groups is 1. The summed E-state index contributed by atoms with van der Waals surface area (Å²) in [6.07, 6.45) is 1.76. The van der Waals surface area contributed by atoms with E-state index in [1.165, 1.54) is 18.2 Å². The number of nitrogens with one attached hydrogen (secondary N) is 2. The van der Waals surface area contributed by atoms with Crippen LogP contribution < -0.4 is 5.32 Å². The van der Waals surface area contributed by atoms with Crippen LogP contribution in [0.5, 0.6) is 0 Å². The molecule has 104 valence electrons. The fourth-order valence-electron chi connectivity index (χ4n) is 2.17. The fraction of sp³-hybridized carbons (Fsp3) is 0. The molecule has 2 N–H and O–H groups in total. The number of aromatic nitrogens is 1. The van der Waals surface area contributed by atoms with Crippen LogP contribution in [0.4, 0.5) is 11.4 Å². The van der Waals surface area contributed by atoms with Crippen molar-refractivity contribution in [2.24, 2.45) is 0 Å². The van der Waals surface area contributed by atoms with Gasteiger partial charge in [-0.3, -0.25) is 14.9 Å². The number of non-ortho nitro benzene ring substituents is 1. The maximum absolute atomic E-state index is 12.3. The van der Waals surface area contributed by atoms with Gasteiger partial charge < -0.3 is 10.3 Å². The Morgan fingerprint density at radius 3 is 2.76 bits per heavy atom. The van der Waals surface area contributed by atoms with Crippen molar-refractivity contribution < 1.29 is 9.72 Å². The van der Waals surface area contributed by atoms with E-state index >= 15 is 0 Å². The standard InChI is InChI=1S/C15H11N3O3/c19-15(13-6-1-3-10-7-8-16-14(10)13)17-11-4-2-5-12(9-11)18(20)21/h1-9,16H,(H,17,19). The number of nitro benzene ring substituents is 1. The highest BCUT2D eigenvalue weighted by molar-refractivity contribution is 6.12. The number of nitrogens with zero attached hydrogens (tertiary/aromatic N) is 1. The van der Waals surface area contributed by atoms with Crippen LogP contribution in [0.1, 0.15) is 10.4 Å². The van der Waals surface area contributed by atoms with Gasteiger partial charge in [-0.25, -0.2) is 0 Å². The van der Waals surface area contributed by atoms with Crippen molar-refractivity contribution >= 4 is 28.2 Å². The summed E-state index contributed by atoms with van der Waals surface area (Å²) in [6, 6.07) is 13.1. The maximum Gasteiger partial charge on any atom is 0.271 e. The van der Waals surface area contributed by atoms with Crippen molar-refractivity contribution in [3.63, 3.8) is 0 Å². The maximum atomic E-state index is 12.3. The van der Waals surface area contributed by atoms with Gasteiger partial charge in [-0.05, 0) is 18.2 Å². The third kappa shape index (κ3) is 2.46. The predicted octanol–water partition coefficient (Wildman–Crippen LogP) is 3.33. The minimum Gasteiger partial charge on any atom is -0.361 e. The van der Waals surface area contributed by atoms with E-state index in [2.05, 4.69) is 10.3 Å². The number of fused-ring (bicyclic) bond motifs is 1. The number of hydrogen-bond donors (Lipinski definition) is 2. The van der Waals surface area contributed by atoms with E-state index in [1.54, 1.807) is 24.4 Å². The van der Waals surface area contributed by atoms with Crippen LogP contribution in [0, 0.1) is 10.1 Å². The molecule has 3 aromatic rings. The molecule has 0 saturated carbocycles. The van der Waals surface area contributed by atoms with Crippen molar-refractivity contribution in [1.82, 2.24) is 4.98 Å². The van der Waals surface area contributed by atoms with Crippen LogP contribution in [0.25, 0.3) is 10.9 Å². The zero-order valence-electron chi connectivity index (χ0n) is 10.9. The molecule has 0 fully saturated rings. The number of benzene rings is 2. The van der Waals surface area contributed by atoms with Crippen molar-refractivity contribution in [1.29, 1.82) is 0 Å². The topological polar surface area (TPSA) is 88.0 Å². The van der Waals surface area contributed by atoms with E-state index in [9.17, 15) is 14.9 Å². The van der Waals surface area contributed by atoms with E-state index in [1.807, 2.05) is 12.1 Å². The molecule has 0 atom stereocenters. The molecular weight excluding hydrogens is 270 g/mol. The zero-order chi connectivity index (χ0) is 14.8. The molecule has 1 heterocycles. The lowest BCUT2D eigenvalue weighted by molar-refractivity contribution is -0.384. The summed E-state index contributed by atoms with van der Waals surface area (Å²) >= 11 is 0. The summed E-state index contributed by atoms with van der Waals surface area (Å²) in [7, 11) is 0. The molecule has 0 aliphatic heterocycles. The number of H-pyrrole nitrogens is 1. The van der Waals surface area contributed by atoms with Crippen molar-refractivity contribution in [3.05, 3.63) is 70.4 Å². The molecule has 21 heavy (non-hydrogen) atoms. The number of anilines is 1. The van der Waals surface area contributed by atoms with Crippen molar-refractivity contribution in [2.75, 3.05) is 5.32 Å². The van der Waals surface area contributed by atoms with Gasteiger partial charge in [-0.15, -0.1) is 0 Å². The van der Waals surface area contributed by atoms with Crippen molar-refractivity contribution in [3.8, 4) is 0 Å². The molecule has 1 amide bonds. The van der Waals surface area contributed by atoms with Gasteiger partial charge >= 0.3 is 0 Å².